The highest BCUT2D eigenvalue weighted by molar-refractivity contribution is 8.14. The Kier molecular flexibility index (Phi) is 6.70. The summed E-state index contributed by atoms with van der Waals surface area (Å²) in [6.07, 6.45) is -3.98. The van der Waals surface area contributed by atoms with Gasteiger partial charge in [0.25, 0.3) is 0 Å². The first-order valence-electron chi connectivity index (χ1n) is 6.07. The van der Waals surface area contributed by atoms with Gasteiger partial charge in [-0.3, -0.25) is 4.79 Å². The lowest BCUT2D eigenvalue weighted by Gasteiger charge is -2.05. The third-order valence-electron chi connectivity index (χ3n) is 2.54. The van der Waals surface area contributed by atoms with E-state index in [1.165, 1.54) is 11.8 Å². The second-order valence-corrected chi connectivity index (χ2v) is 5.46. The number of hydrogen-bond acceptors (Lipinski definition) is 4. The van der Waals surface area contributed by atoms with Crippen LogP contribution in [0.5, 0.6) is 0 Å². The molecule has 1 saturated heterocycles. The van der Waals surface area contributed by atoms with Crippen molar-refractivity contribution < 1.29 is 27.9 Å². The highest BCUT2D eigenvalue weighted by Gasteiger charge is 2.38. The van der Waals surface area contributed by atoms with Gasteiger partial charge in [0, 0.05) is 17.4 Å². The number of carboxylic acid groups (broad SMARTS) is 1. The topological polar surface area (TPSA) is 66.4 Å². The van der Waals surface area contributed by atoms with Crippen LogP contribution in [0, 0.1) is 0 Å². The molecule has 1 aromatic rings. The van der Waals surface area contributed by atoms with Crippen molar-refractivity contribution in [2.24, 2.45) is 0 Å². The fourth-order valence-electron chi connectivity index (χ4n) is 1.52. The van der Waals surface area contributed by atoms with Gasteiger partial charge >= 0.3 is 12.1 Å². The predicted molar refractivity (Wildman–Crippen MR) is 73.3 cm³/mol. The fraction of sp³-hybridized carbons (Fsp3) is 0.385. The Hall–Kier alpha value is -1.54. The average Bonchev–Trinajstić information content (AvgIpc) is 2.92. The Labute approximate surface area is 123 Å². The highest BCUT2D eigenvalue weighted by Crippen LogP contribution is 2.21. The van der Waals surface area contributed by atoms with E-state index in [-0.39, 0.29) is 5.12 Å². The minimum atomic E-state index is -5.08. The standard InChI is InChI=1S/C11H13NOS.C2HF3O2/c13-11(9-4-2-1-3-5-9)14-10-6-7-12-8-10;3-2(4,5)1(6)7/h1-5,10,12H,6-8H2;(H,6,7). The Morgan fingerprint density at radius 3 is 2.24 bits per heavy atom. The minimum Gasteiger partial charge on any atom is -0.475 e. The van der Waals surface area contributed by atoms with Crippen molar-refractivity contribution in [2.45, 2.75) is 17.8 Å². The SMILES string of the molecule is O=C(O)C(F)(F)F.O=C(SC1CCNC1)c1ccccc1. The summed E-state index contributed by atoms with van der Waals surface area (Å²) >= 11 is 1.46. The second kappa shape index (κ2) is 8.04. The number of halogens is 3. The average molecular weight is 321 g/mol. The maximum absolute atomic E-state index is 11.7. The van der Waals surface area contributed by atoms with Crippen LogP contribution < -0.4 is 5.32 Å². The molecule has 2 N–H and O–H groups in total. The summed E-state index contributed by atoms with van der Waals surface area (Å²) in [4.78, 5) is 20.6. The molecule has 1 fully saturated rings. The van der Waals surface area contributed by atoms with Crippen molar-refractivity contribution >= 4 is 22.8 Å². The molecule has 0 radical (unpaired) electrons. The lowest BCUT2D eigenvalue weighted by molar-refractivity contribution is -0.192. The molecule has 0 aromatic heterocycles. The van der Waals surface area contributed by atoms with Crippen molar-refractivity contribution in [2.75, 3.05) is 13.1 Å². The van der Waals surface area contributed by atoms with Gasteiger partial charge in [0.1, 0.15) is 0 Å². The zero-order valence-corrected chi connectivity index (χ0v) is 11.7. The molecular formula is C13H14F3NO3S. The summed E-state index contributed by atoms with van der Waals surface area (Å²) in [5.41, 5.74) is 0.810. The number of aliphatic carboxylic acids is 1. The van der Waals surface area contributed by atoms with E-state index in [4.69, 9.17) is 9.90 Å². The largest absolute Gasteiger partial charge is 0.490 e. The van der Waals surface area contributed by atoms with Crippen molar-refractivity contribution in [3.05, 3.63) is 35.9 Å². The second-order valence-electron chi connectivity index (χ2n) is 4.19. The number of alkyl halides is 3. The van der Waals surface area contributed by atoms with Crippen LogP contribution in [-0.4, -0.2) is 40.7 Å². The Bertz CT molecular complexity index is 473. The Morgan fingerprint density at radius 2 is 1.81 bits per heavy atom. The molecule has 2 rings (SSSR count). The summed E-state index contributed by atoms with van der Waals surface area (Å²) in [5, 5.41) is 11.0. The minimum absolute atomic E-state index is 0.194. The summed E-state index contributed by atoms with van der Waals surface area (Å²) in [5.74, 6) is -2.76. The normalized spacial score (nSPS) is 17.8. The van der Waals surface area contributed by atoms with Gasteiger partial charge in [-0.15, -0.1) is 0 Å². The van der Waals surface area contributed by atoms with Gasteiger partial charge in [-0.2, -0.15) is 13.2 Å². The van der Waals surface area contributed by atoms with Gasteiger partial charge in [0.2, 0.25) is 5.12 Å². The summed E-state index contributed by atoms with van der Waals surface area (Å²) in [6.45, 7) is 2.00. The van der Waals surface area contributed by atoms with Gasteiger partial charge in [-0.1, -0.05) is 42.1 Å². The van der Waals surface area contributed by atoms with E-state index >= 15 is 0 Å². The number of carbonyl (C=O) groups excluding carboxylic acids is 1. The molecule has 1 atom stereocenters. The molecule has 0 aliphatic carbocycles. The monoisotopic (exact) mass is 321 g/mol. The molecule has 116 valence electrons. The van der Waals surface area contributed by atoms with Crippen molar-refractivity contribution in [1.82, 2.24) is 5.32 Å². The van der Waals surface area contributed by atoms with Crippen LogP contribution in [0.1, 0.15) is 16.8 Å². The van der Waals surface area contributed by atoms with Crippen LogP contribution in [0.15, 0.2) is 30.3 Å². The molecule has 8 heteroatoms. The molecule has 4 nitrogen and oxygen atoms in total. The van der Waals surface area contributed by atoms with E-state index in [1.807, 2.05) is 30.3 Å². The molecule has 0 bridgehead atoms. The number of carbonyl (C=O) groups is 2. The molecule has 1 unspecified atom stereocenters. The number of benzene rings is 1. The Balaban J connectivity index is 0.000000270. The van der Waals surface area contributed by atoms with Crippen LogP contribution in [-0.2, 0) is 4.79 Å². The lowest BCUT2D eigenvalue weighted by atomic mass is 10.2. The fourth-order valence-corrected chi connectivity index (χ4v) is 2.53. The zero-order valence-electron chi connectivity index (χ0n) is 10.9. The molecule has 1 aliphatic rings. The van der Waals surface area contributed by atoms with Gasteiger partial charge in [-0.25, -0.2) is 4.79 Å². The summed E-state index contributed by atoms with van der Waals surface area (Å²) in [6, 6.07) is 9.48. The first-order valence-corrected chi connectivity index (χ1v) is 6.95. The van der Waals surface area contributed by atoms with Crippen LogP contribution >= 0.6 is 11.8 Å². The molecule has 0 spiro atoms. The zero-order chi connectivity index (χ0) is 15.9. The van der Waals surface area contributed by atoms with E-state index in [0.29, 0.717) is 5.25 Å². The van der Waals surface area contributed by atoms with Crippen LogP contribution in [0.2, 0.25) is 0 Å². The van der Waals surface area contributed by atoms with Crippen molar-refractivity contribution in [3.63, 3.8) is 0 Å². The highest BCUT2D eigenvalue weighted by atomic mass is 32.2. The van der Waals surface area contributed by atoms with Crippen LogP contribution in [0.4, 0.5) is 13.2 Å². The molecule has 1 aliphatic heterocycles. The quantitative estimate of drug-likeness (QED) is 0.876. The van der Waals surface area contributed by atoms with E-state index in [1.54, 1.807) is 0 Å². The maximum Gasteiger partial charge on any atom is 0.490 e. The van der Waals surface area contributed by atoms with E-state index in [0.717, 1.165) is 25.1 Å². The van der Waals surface area contributed by atoms with Crippen LogP contribution in [0.3, 0.4) is 0 Å². The molecule has 1 heterocycles. The maximum atomic E-state index is 11.7. The molecule has 21 heavy (non-hydrogen) atoms. The third kappa shape index (κ3) is 6.63. The number of carboxylic acids is 1. The van der Waals surface area contributed by atoms with Crippen molar-refractivity contribution in [3.8, 4) is 0 Å². The first kappa shape index (κ1) is 17.5. The van der Waals surface area contributed by atoms with E-state index in [2.05, 4.69) is 5.32 Å². The summed E-state index contributed by atoms with van der Waals surface area (Å²) in [7, 11) is 0. The molecular weight excluding hydrogens is 307 g/mol. The van der Waals surface area contributed by atoms with E-state index in [9.17, 15) is 18.0 Å². The van der Waals surface area contributed by atoms with E-state index < -0.39 is 12.1 Å². The number of nitrogens with one attached hydrogen (secondary N) is 1. The van der Waals surface area contributed by atoms with Gasteiger partial charge in [0.15, 0.2) is 0 Å². The van der Waals surface area contributed by atoms with Gasteiger partial charge < -0.3 is 10.4 Å². The number of hydrogen-bond donors (Lipinski definition) is 2. The predicted octanol–water partition coefficient (Wildman–Crippen LogP) is 2.56. The first-order chi connectivity index (χ1) is 9.80. The number of rotatable bonds is 2. The van der Waals surface area contributed by atoms with Crippen LogP contribution in [0.25, 0.3) is 0 Å². The summed E-state index contributed by atoms with van der Waals surface area (Å²) < 4.78 is 31.7. The smallest absolute Gasteiger partial charge is 0.475 e. The Morgan fingerprint density at radius 1 is 1.24 bits per heavy atom. The third-order valence-corrected chi connectivity index (χ3v) is 3.73. The number of thioether (sulfide) groups is 1. The molecule has 0 saturated carbocycles. The van der Waals surface area contributed by atoms with Gasteiger partial charge in [0.05, 0.1) is 0 Å². The van der Waals surface area contributed by atoms with Crippen molar-refractivity contribution in [1.29, 1.82) is 0 Å². The molecule has 1 aromatic carbocycles. The lowest BCUT2D eigenvalue weighted by Crippen LogP contribution is -2.21. The van der Waals surface area contributed by atoms with Gasteiger partial charge in [-0.05, 0) is 13.0 Å². The molecule has 0 amide bonds.